The van der Waals surface area contributed by atoms with Gasteiger partial charge in [-0.2, -0.15) is 9.40 Å². The fourth-order valence-electron chi connectivity index (χ4n) is 3.34. The molecule has 1 aliphatic heterocycles. The van der Waals surface area contributed by atoms with E-state index in [1.807, 2.05) is 6.92 Å². The number of ether oxygens (including phenoxy) is 2. The van der Waals surface area contributed by atoms with Gasteiger partial charge in [0.25, 0.3) is 0 Å². The molecule has 0 bridgehead atoms. The van der Waals surface area contributed by atoms with Crippen LogP contribution in [0.3, 0.4) is 0 Å². The molecule has 0 radical (unpaired) electrons. The zero-order valence-corrected chi connectivity index (χ0v) is 17.4. The van der Waals surface area contributed by atoms with Crippen molar-refractivity contribution in [2.45, 2.75) is 30.8 Å². The molecular formula is C20H23N5O4S. The van der Waals surface area contributed by atoms with Crippen molar-refractivity contribution in [3.8, 4) is 17.4 Å². The summed E-state index contributed by atoms with van der Waals surface area (Å²) in [5.41, 5.74) is 0. The van der Waals surface area contributed by atoms with Crippen LogP contribution in [0, 0.1) is 0 Å². The van der Waals surface area contributed by atoms with Gasteiger partial charge in [0.2, 0.25) is 15.9 Å². The first-order chi connectivity index (χ1) is 14.6. The van der Waals surface area contributed by atoms with Crippen molar-refractivity contribution in [1.29, 1.82) is 0 Å². The summed E-state index contributed by atoms with van der Waals surface area (Å²) in [5, 5.41) is 12.3. The predicted molar refractivity (Wildman–Crippen MR) is 109 cm³/mol. The molecule has 0 N–H and O–H groups in total. The minimum absolute atomic E-state index is 0.122. The molecule has 1 fully saturated rings. The summed E-state index contributed by atoms with van der Waals surface area (Å²) in [4.78, 5) is 0.200. The van der Waals surface area contributed by atoms with Crippen LogP contribution in [0.4, 0.5) is 0 Å². The molecule has 30 heavy (non-hydrogen) atoms. The minimum atomic E-state index is -3.63. The van der Waals surface area contributed by atoms with Gasteiger partial charge in [0.05, 0.1) is 6.61 Å². The Morgan fingerprint density at radius 2 is 1.87 bits per heavy atom. The summed E-state index contributed by atoms with van der Waals surface area (Å²) in [7, 11) is -3.63. The van der Waals surface area contributed by atoms with Crippen LogP contribution < -0.4 is 9.47 Å². The average molecular weight is 430 g/mol. The monoisotopic (exact) mass is 429 g/mol. The second-order valence-corrected chi connectivity index (χ2v) is 8.69. The normalized spacial score (nSPS) is 15.8. The topological polar surface area (TPSA) is 99.4 Å². The van der Waals surface area contributed by atoms with Crippen molar-refractivity contribution >= 4 is 10.0 Å². The molecule has 0 aliphatic carbocycles. The first-order valence-electron chi connectivity index (χ1n) is 9.80. The number of benzene rings is 1. The van der Waals surface area contributed by atoms with Crippen molar-refractivity contribution < 1.29 is 17.9 Å². The summed E-state index contributed by atoms with van der Waals surface area (Å²) in [5.74, 6) is 1.39. The van der Waals surface area contributed by atoms with Gasteiger partial charge in [0.15, 0.2) is 5.82 Å². The lowest BCUT2D eigenvalue weighted by atomic mass is 10.1. The number of sulfonamides is 1. The quantitative estimate of drug-likeness (QED) is 0.568. The standard InChI is InChI=1S/C20H23N5O4S/c1-2-28-17-6-3-4-7-18(17)30(26,27)24-14-10-16(11-15-24)29-20-9-8-19(22-23-20)25-13-5-12-21-25/h3-9,12-13,16H,2,10-11,14-15H2,1H3. The molecule has 0 unspecified atom stereocenters. The van der Waals surface area contributed by atoms with Crippen LogP contribution in [-0.4, -0.2) is 58.5 Å². The van der Waals surface area contributed by atoms with Crippen LogP contribution in [0.15, 0.2) is 59.8 Å². The highest BCUT2D eigenvalue weighted by molar-refractivity contribution is 7.89. The Bertz CT molecular complexity index is 1060. The largest absolute Gasteiger partial charge is 0.492 e. The number of aromatic nitrogens is 4. The fraction of sp³-hybridized carbons (Fsp3) is 0.350. The van der Waals surface area contributed by atoms with E-state index in [-0.39, 0.29) is 11.0 Å². The van der Waals surface area contributed by atoms with Crippen LogP contribution in [0.2, 0.25) is 0 Å². The molecule has 1 aromatic carbocycles. The van der Waals surface area contributed by atoms with Crippen LogP contribution in [0.25, 0.3) is 5.82 Å². The van der Waals surface area contributed by atoms with E-state index in [1.165, 1.54) is 4.31 Å². The molecule has 10 heteroatoms. The summed E-state index contributed by atoms with van der Waals surface area (Å²) in [6, 6.07) is 12.1. The molecule has 3 heterocycles. The Labute approximate surface area is 175 Å². The lowest BCUT2D eigenvalue weighted by Crippen LogP contribution is -2.41. The average Bonchev–Trinajstić information content (AvgIpc) is 3.30. The predicted octanol–water partition coefficient (Wildman–Crippen LogP) is 2.29. The molecule has 1 aliphatic rings. The molecule has 158 valence electrons. The van der Waals surface area contributed by atoms with Gasteiger partial charge in [0, 0.05) is 31.5 Å². The van der Waals surface area contributed by atoms with E-state index in [4.69, 9.17) is 9.47 Å². The molecule has 4 rings (SSSR count). The second-order valence-electron chi connectivity index (χ2n) is 6.78. The Morgan fingerprint density at radius 1 is 1.07 bits per heavy atom. The molecule has 1 saturated heterocycles. The molecule has 0 amide bonds. The third-order valence-electron chi connectivity index (χ3n) is 4.82. The molecule has 0 atom stereocenters. The number of nitrogens with zero attached hydrogens (tertiary/aromatic N) is 5. The van der Waals surface area contributed by atoms with Gasteiger partial charge in [-0.25, -0.2) is 13.1 Å². The minimum Gasteiger partial charge on any atom is -0.492 e. The summed E-state index contributed by atoms with van der Waals surface area (Å²) in [6.45, 7) is 2.97. The third kappa shape index (κ3) is 4.29. The van der Waals surface area contributed by atoms with Gasteiger partial charge in [-0.1, -0.05) is 12.1 Å². The maximum absolute atomic E-state index is 13.1. The first kappa shape index (κ1) is 20.3. The van der Waals surface area contributed by atoms with E-state index in [0.717, 1.165) is 0 Å². The number of hydrogen-bond donors (Lipinski definition) is 0. The second kappa shape index (κ2) is 8.80. The maximum Gasteiger partial charge on any atom is 0.246 e. The fourth-order valence-corrected chi connectivity index (χ4v) is 4.94. The Hall–Kier alpha value is -2.98. The van der Waals surface area contributed by atoms with E-state index in [9.17, 15) is 8.42 Å². The van der Waals surface area contributed by atoms with E-state index in [0.29, 0.717) is 50.0 Å². The molecular weight excluding hydrogens is 406 g/mol. The number of piperidine rings is 1. The van der Waals surface area contributed by atoms with Crippen molar-refractivity contribution in [3.05, 3.63) is 54.9 Å². The smallest absolute Gasteiger partial charge is 0.246 e. The molecule has 2 aromatic heterocycles. The van der Waals surface area contributed by atoms with Crippen molar-refractivity contribution in [2.75, 3.05) is 19.7 Å². The molecule has 9 nitrogen and oxygen atoms in total. The van der Waals surface area contributed by atoms with Gasteiger partial charge in [-0.3, -0.25) is 0 Å². The Morgan fingerprint density at radius 3 is 2.53 bits per heavy atom. The molecule has 3 aromatic rings. The van der Waals surface area contributed by atoms with Crippen LogP contribution in [-0.2, 0) is 10.0 Å². The van der Waals surface area contributed by atoms with E-state index < -0.39 is 10.0 Å². The maximum atomic E-state index is 13.1. The summed E-state index contributed by atoms with van der Waals surface area (Å²) < 4.78 is 40.6. The zero-order valence-electron chi connectivity index (χ0n) is 16.6. The van der Waals surface area contributed by atoms with Gasteiger partial charge < -0.3 is 9.47 Å². The third-order valence-corrected chi connectivity index (χ3v) is 6.76. The van der Waals surface area contributed by atoms with Gasteiger partial charge in [-0.15, -0.1) is 10.2 Å². The molecule has 0 spiro atoms. The SMILES string of the molecule is CCOc1ccccc1S(=O)(=O)N1CCC(Oc2ccc(-n3cccn3)nn2)CC1. The van der Waals surface area contributed by atoms with E-state index >= 15 is 0 Å². The summed E-state index contributed by atoms with van der Waals surface area (Å²) in [6.07, 6.45) is 4.46. The lowest BCUT2D eigenvalue weighted by molar-refractivity contribution is 0.128. The first-order valence-corrected chi connectivity index (χ1v) is 11.2. The van der Waals surface area contributed by atoms with Crippen LogP contribution >= 0.6 is 0 Å². The molecule has 0 saturated carbocycles. The Balaban J connectivity index is 1.38. The zero-order chi connectivity index (χ0) is 21.0. The Kier molecular flexibility index (Phi) is 5.96. The van der Waals surface area contributed by atoms with Gasteiger partial charge in [-0.05, 0) is 44.0 Å². The number of rotatable bonds is 7. The number of para-hydroxylation sites is 1. The van der Waals surface area contributed by atoms with Crippen molar-refractivity contribution in [1.82, 2.24) is 24.3 Å². The van der Waals surface area contributed by atoms with E-state index in [2.05, 4.69) is 15.3 Å². The number of hydrogen-bond acceptors (Lipinski definition) is 7. The highest BCUT2D eigenvalue weighted by atomic mass is 32.2. The lowest BCUT2D eigenvalue weighted by Gasteiger charge is -2.31. The van der Waals surface area contributed by atoms with E-state index in [1.54, 1.807) is 59.5 Å². The summed E-state index contributed by atoms with van der Waals surface area (Å²) >= 11 is 0. The highest BCUT2D eigenvalue weighted by Gasteiger charge is 2.32. The van der Waals surface area contributed by atoms with Crippen molar-refractivity contribution in [2.24, 2.45) is 0 Å². The van der Waals surface area contributed by atoms with Crippen molar-refractivity contribution in [3.63, 3.8) is 0 Å². The highest BCUT2D eigenvalue weighted by Crippen LogP contribution is 2.29. The van der Waals surface area contributed by atoms with Crippen LogP contribution in [0.5, 0.6) is 11.6 Å². The van der Waals surface area contributed by atoms with Gasteiger partial charge in [0.1, 0.15) is 16.7 Å². The van der Waals surface area contributed by atoms with Gasteiger partial charge >= 0.3 is 0 Å². The van der Waals surface area contributed by atoms with Crippen LogP contribution in [0.1, 0.15) is 19.8 Å².